The van der Waals surface area contributed by atoms with Crippen LogP contribution in [0.5, 0.6) is 11.5 Å². The van der Waals surface area contributed by atoms with E-state index in [0.29, 0.717) is 23.7 Å². The van der Waals surface area contributed by atoms with Crippen LogP contribution in [0.15, 0.2) is 73.1 Å². The van der Waals surface area contributed by atoms with E-state index in [4.69, 9.17) is 14.2 Å². The van der Waals surface area contributed by atoms with Crippen LogP contribution in [0.2, 0.25) is 0 Å². The molecule has 0 aliphatic rings. The standard InChI is InChI=1S/C22H23NO4/c1-3-25-18-11-9-10-17(16-18)21(22(24)26-4-2)27-20-13-6-5-12-19(20)23-14-7-8-15-23/h5-16,21H,3-4H2,1-2H3. The Kier molecular flexibility index (Phi) is 6.15. The summed E-state index contributed by atoms with van der Waals surface area (Å²) in [7, 11) is 0. The highest BCUT2D eigenvalue weighted by Gasteiger charge is 2.26. The normalized spacial score (nSPS) is 11.6. The quantitative estimate of drug-likeness (QED) is 0.549. The Morgan fingerprint density at radius 1 is 0.963 bits per heavy atom. The van der Waals surface area contributed by atoms with E-state index in [9.17, 15) is 4.79 Å². The Balaban J connectivity index is 1.96. The number of rotatable bonds is 8. The lowest BCUT2D eigenvalue weighted by molar-refractivity contribution is -0.151. The summed E-state index contributed by atoms with van der Waals surface area (Å²) >= 11 is 0. The third kappa shape index (κ3) is 4.50. The second kappa shape index (κ2) is 8.94. The van der Waals surface area contributed by atoms with Crippen LogP contribution in [-0.4, -0.2) is 23.8 Å². The summed E-state index contributed by atoms with van der Waals surface area (Å²) in [5.74, 6) is 0.841. The highest BCUT2D eigenvalue weighted by Crippen LogP contribution is 2.30. The maximum atomic E-state index is 12.6. The molecule has 27 heavy (non-hydrogen) atoms. The molecule has 3 rings (SSSR count). The molecule has 5 heteroatoms. The molecule has 1 unspecified atom stereocenters. The molecule has 0 fully saturated rings. The zero-order chi connectivity index (χ0) is 19.1. The average molecular weight is 365 g/mol. The monoisotopic (exact) mass is 365 g/mol. The zero-order valence-electron chi connectivity index (χ0n) is 15.5. The van der Waals surface area contributed by atoms with Gasteiger partial charge in [0.05, 0.1) is 18.9 Å². The van der Waals surface area contributed by atoms with Crippen molar-refractivity contribution in [3.8, 4) is 17.2 Å². The van der Waals surface area contributed by atoms with Crippen molar-refractivity contribution in [3.05, 3.63) is 78.6 Å². The van der Waals surface area contributed by atoms with Gasteiger partial charge in [0.2, 0.25) is 6.10 Å². The molecule has 0 spiro atoms. The van der Waals surface area contributed by atoms with Crippen molar-refractivity contribution in [1.29, 1.82) is 0 Å². The van der Waals surface area contributed by atoms with Gasteiger partial charge in [-0.2, -0.15) is 0 Å². The van der Waals surface area contributed by atoms with E-state index in [1.807, 2.05) is 84.5 Å². The van der Waals surface area contributed by atoms with Crippen molar-refractivity contribution in [2.75, 3.05) is 13.2 Å². The van der Waals surface area contributed by atoms with Gasteiger partial charge in [0.25, 0.3) is 0 Å². The average Bonchev–Trinajstić information content (AvgIpc) is 3.21. The molecule has 1 heterocycles. The van der Waals surface area contributed by atoms with Crippen molar-refractivity contribution in [2.24, 2.45) is 0 Å². The summed E-state index contributed by atoms with van der Waals surface area (Å²) in [5, 5.41) is 0. The summed E-state index contributed by atoms with van der Waals surface area (Å²) in [6.45, 7) is 4.52. The molecule has 1 aromatic heterocycles. The maximum absolute atomic E-state index is 12.6. The zero-order valence-corrected chi connectivity index (χ0v) is 15.5. The molecule has 0 saturated heterocycles. The molecule has 1 atom stereocenters. The SMILES string of the molecule is CCOC(=O)C(Oc1ccccc1-n1cccc1)c1cccc(OCC)c1. The number of nitrogens with zero attached hydrogens (tertiary/aromatic N) is 1. The topological polar surface area (TPSA) is 49.7 Å². The van der Waals surface area contributed by atoms with Gasteiger partial charge >= 0.3 is 5.97 Å². The molecule has 0 bridgehead atoms. The van der Waals surface area contributed by atoms with Gasteiger partial charge < -0.3 is 18.8 Å². The Labute approximate surface area is 159 Å². The van der Waals surface area contributed by atoms with Gasteiger partial charge in [-0.25, -0.2) is 4.79 Å². The van der Waals surface area contributed by atoms with Crippen LogP contribution >= 0.6 is 0 Å². The lowest BCUT2D eigenvalue weighted by Gasteiger charge is -2.20. The lowest BCUT2D eigenvalue weighted by Crippen LogP contribution is -2.22. The van der Waals surface area contributed by atoms with Crippen molar-refractivity contribution in [3.63, 3.8) is 0 Å². The largest absolute Gasteiger partial charge is 0.494 e. The van der Waals surface area contributed by atoms with Gasteiger partial charge in [-0.15, -0.1) is 0 Å². The highest BCUT2D eigenvalue weighted by atomic mass is 16.6. The van der Waals surface area contributed by atoms with Gasteiger partial charge in [-0.3, -0.25) is 0 Å². The first kappa shape index (κ1) is 18.6. The Hall–Kier alpha value is -3.21. The second-order valence-electron chi connectivity index (χ2n) is 5.81. The van der Waals surface area contributed by atoms with Crippen LogP contribution in [0.25, 0.3) is 5.69 Å². The lowest BCUT2D eigenvalue weighted by atomic mass is 10.1. The number of hydrogen-bond acceptors (Lipinski definition) is 4. The fourth-order valence-corrected chi connectivity index (χ4v) is 2.80. The number of para-hydroxylation sites is 2. The van der Waals surface area contributed by atoms with Gasteiger partial charge in [0.15, 0.2) is 0 Å². The number of benzene rings is 2. The third-order valence-electron chi connectivity index (χ3n) is 3.97. The van der Waals surface area contributed by atoms with Crippen LogP contribution in [0.4, 0.5) is 0 Å². The van der Waals surface area contributed by atoms with E-state index in [0.717, 1.165) is 5.69 Å². The van der Waals surface area contributed by atoms with Crippen LogP contribution in [0, 0.1) is 0 Å². The first-order valence-electron chi connectivity index (χ1n) is 9.01. The summed E-state index contributed by atoms with van der Waals surface area (Å²) < 4.78 is 18.9. The third-order valence-corrected chi connectivity index (χ3v) is 3.97. The van der Waals surface area contributed by atoms with Gasteiger partial charge in [0, 0.05) is 18.0 Å². The predicted octanol–water partition coefficient (Wildman–Crippen LogP) is 4.56. The minimum Gasteiger partial charge on any atom is -0.494 e. The minimum atomic E-state index is -0.887. The molecule has 0 aliphatic carbocycles. The smallest absolute Gasteiger partial charge is 0.352 e. The number of ether oxygens (including phenoxy) is 3. The number of hydrogen-bond donors (Lipinski definition) is 0. The van der Waals surface area contributed by atoms with Crippen molar-refractivity contribution in [2.45, 2.75) is 20.0 Å². The van der Waals surface area contributed by atoms with Crippen LogP contribution in [0.1, 0.15) is 25.5 Å². The molecule has 0 aliphatic heterocycles. The number of carbonyl (C=O) groups is 1. The predicted molar refractivity (Wildman–Crippen MR) is 103 cm³/mol. The molecule has 0 amide bonds. The summed E-state index contributed by atoms with van der Waals surface area (Å²) in [6, 6.07) is 18.8. The molecule has 2 aromatic carbocycles. The summed E-state index contributed by atoms with van der Waals surface area (Å²) in [6.07, 6.45) is 2.97. The van der Waals surface area contributed by atoms with Crippen LogP contribution in [-0.2, 0) is 9.53 Å². The van der Waals surface area contributed by atoms with E-state index in [-0.39, 0.29) is 6.61 Å². The molecule has 140 valence electrons. The van der Waals surface area contributed by atoms with E-state index in [2.05, 4.69) is 0 Å². The van der Waals surface area contributed by atoms with E-state index in [1.165, 1.54) is 0 Å². The molecular formula is C22H23NO4. The summed E-state index contributed by atoms with van der Waals surface area (Å²) in [5.41, 5.74) is 1.53. The minimum absolute atomic E-state index is 0.281. The first-order chi connectivity index (χ1) is 13.2. The van der Waals surface area contributed by atoms with Crippen molar-refractivity contribution in [1.82, 2.24) is 4.57 Å². The number of carbonyl (C=O) groups excluding carboxylic acids is 1. The Morgan fingerprint density at radius 2 is 1.74 bits per heavy atom. The van der Waals surface area contributed by atoms with Gasteiger partial charge in [-0.05, 0) is 50.2 Å². The molecule has 3 aromatic rings. The number of aromatic nitrogens is 1. The number of esters is 1. The molecule has 0 radical (unpaired) electrons. The Morgan fingerprint density at radius 3 is 2.48 bits per heavy atom. The van der Waals surface area contributed by atoms with Crippen LogP contribution < -0.4 is 9.47 Å². The second-order valence-corrected chi connectivity index (χ2v) is 5.81. The van der Waals surface area contributed by atoms with Gasteiger partial charge in [-0.1, -0.05) is 24.3 Å². The molecular weight excluding hydrogens is 342 g/mol. The first-order valence-corrected chi connectivity index (χ1v) is 9.01. The van der Waals surface area contributed by atoms with Crippen molar-refractivity contribution < 1.29 is 19.0 Å². The molecule has 5 nitrogen and oxygen atoms in total. The highest BCUT2D eigenvalue weighted by molar-refractivity contribution is 5.77. The maximum Gasteiger partial charge on any atom is 0.352 e. The molecule has 0 saturated carbocycles. The Bertz CT molecular complexity index is 874. The van der Waals surface area contributed by atoms with Crippen molar-refractivity contribution >= 4 is 5.97 Å². The fraction of sp³-hybridized carbons (Fsp3) is 0.227. The molecule has 0 N–H and O–H groups in total. The fourth-order valence-electron chi connectivity index (χ4n) is 2.80. The van der Waals surface area contributed by atoms with E-state index >= 15 is 0 Å². The van der Waals surface area contributed by atoms with Gasteiger partial charge in [0.1, 0.15) is 11.5 Å². The van der Waals surface area contributed by atoms with E-state index in [1.54, 1.807) is 6.92 Å². The van der Waals surface area contributed by atoms with E-state index < -0.39 is 12.1 Å². The van der Waals surface area contributed by atoms with Crippen LogP contribution in [0.3, 0.4) is 0 Å². The summed E-state index contributed by atoms with van der Waals surface area (Å²) in [4.78, 5) is 12.6.